The molecule has 0 saturated carbocycles. The van der Waals surface area contributed by atoms with Gasteiger partial charge in [0, 0.05) is 42.2 Å². The van der Waals surface area contributed by atoms with Crippen LogP contribution in [0, 0.1) is 11.3 Å². The number of hydrogen-bond acceptors (Lipinski definition) is 5. The van der Waals surface area contributed by atoms with Gasteiger partial charge in [0.2, 0.25) is 5.91 Å². The van der Waals surface area contributed by atoms with Crippen LogP contribution in [0.1, 0.15) is 52.1 Å². The van der Waals surface area contributed by atoms with Crippen molar-refractivity contribution in [1.29, 1.82) is 0 Å². The lowest BCUT2D eigenvalue weighted by Crippen LogP contribution is -2.41. The number of fused-ring (bicyclic) bond motifs is 1. The molecule has 0 fully saturated rings. The first-order valence-corrected chi connectivity index (χ1v) is 10.00. The van der Waals surface area contributed by atoms with E-state index in [4.69, 9.17) is 0 Å². The Hall–Kier alpha value is -3.02. The van der Waals surface area contributed by atoms with Crippen LogP contribution in [-0.2, 0) is 9.59 Å². The zero-order chi connectivity index (χ0) is 20.8. The maximum absolute atomic E-state index is 13.4. The van der Waals surface area contributed by atoms with Gasteiger partial charge in [0.1, 0.15) is 0 Å². The summed E-state index contributed by atoms with van der Waals surface area (Å²) in [6, 6.07) is 6.95. The largest absolute Gasteiger partial charge is 0.355 e. The van der Waals surface area contributed by atoms with Gasteiger partial charge in [-0.3, -0.25) is 19.5 Å². The lowest BCUT2D eigenvalue weighted by Gasteiger charge is -2.37. The van der Waals surface area contributed by atoms with Gasteiger partial charge < -0.3 is 5.32 Å². The number of anilines is 2. The number of pyridine rings is 2. The maximum atomic E-state index is 13.4. The number of carbonyl (C=O) groups is 2. The van der Waals surface area contributed by atoms with Crippen LogP contribution in [0.2, 0.25) is 0 Å². The molecule has 150 valence electrons. The van der Waals surface area contributed by atoms with Crippen LogP contribution in [0.15, 0.2) is 54.1 Å². The summed E-state index contributed by atoms with van der Waals surface area (Å²) in [6.07, 6.45) is 6.27. The minimum absolute atomic E-state index is 0.0620. The third kappa shape index (κ3) is 3.43. The highest BCUT2D eigenvalue weighted by molar-refractivity contribution is 6.06. The van der Waals surface area contributed by atoms with Crippen LogP contribution in [0.4, 0.5) is 11.5 Å². The number of ketones is 1. The average molecular weight is 390 g/mol. The van der Waals surface area contributed by atoms with Crippen molar-refractivity contribution in [1.82, 2.24) is 9.97 Å². The van der Waals surface area contributed by atoms with Crippen LogP contribution in [-0.4, -0.2) is 21.7 Å². The lowest BCUT2D eigenvalue weighted by molar-refractivity contribution is -0.122. The molecule has 2 aromatic rings. The topological polar surface area (TPSA) is 75.2 Å². The Balaban J connectivity index is 2.02. The van der Waals surface area contributed by atoms with Crippen molar-refractivity contribution in [3.05, 3.63) is 59.7 Å². The van der Waals surface area contributed by atoms with E-state index in [0.717, 1.165) is 23.4 Å². The first-order chi connectivity index (χ1) is 13.8. The third-order valence-electron chi connectivity index (χ3n) is 5.48. The van der Waals surface area contributed by atoms with Gasteiger partial charge in [-0.1, -0.05) is 33.8 Å². The third-order valence-corrected chi connectivity index (χ3v) is 5.48. The summed E-state index contributed by atoms with van der Waals surface area (Å²) in [5, 5.41) is 3.45. The summed E-state index contributed by atoms with van der Waals surface area (Å²) in [5.41, 5.74) is 2.91. The number of rotatable bonds is 2. The molecule has 0 spiro atoms. The van der Waals surface area contributed by atoms with Crippen molar-refractivity contribution in [2.24, 2.45) is 11.3 Å². The molecule has 4 rings (SSSR count). The molecular formula is C23H26N4O2. The zero-order valence-corrected chi connectivity index (χ0v) is 17.3. The number of nitrogens with one attached hydrogen (secondary N) is 1. The molecule has 1 amide bonds. The minimum atomic E-state index is -0.555. The van der Waals surface area contributed by atoms with E-state index in [9.17, 15) is 9.59 Å². The molecule has 6 heteroatoms. The number of nitrogens with zero attached hydrogens (tertiary/aromatic N) is 3. The van der Waals surface area contributed by atoms with E-state index >= 15 is 0 Å². The molecule has 0 saturated heterocycles. The van der Waals surface area contributed by atoms with E-state index in [0.29, 0.717) is 17.8 Å². The van der Waals surface area contributed by atoms with Gasteiger partial charge in [-0.15, -0.1) is 0 Å². The fourth-order valence-corrected chi connectivity index (χ4v) is 4.23. The predicted octanol–water partition coefficient (Wildman–Crippen LogP) is 4.28. The van der Waals surface area contributed by atoms with Gasteiger partial charge in [0.05, 0.1) is 11.7 Å². The molecular weight excluding hydrogens is 364 g/mol. The van der Waals surface area contributed by atoms with Crippen molar-refractivity contribution in [3.63, 3.8) is 0 Å². The standard InChI is InChI=1S/C23H26N4O2/c1-14(2)22(29)27-20(15-7-5-9-24-13-15)19-17(11-23(3,4)12-18(19)28)26-16-8-6-10-25-21(16)27/h5-10,13-14,20,26H,11-12H2,1-4H3/t20-/m1/s1. The summed E-state index contributed by atoms with van der Waals surface area (Å²) in [4.78, 5) is 37.3. The molecule has 2 aromatic heterocycles. The highest BCUT2D eigenvalue weighted by atomic mass is 16.2. The Morgan fingerprint density at radius 2 is 1.97 bits per heavy atom. The van der Waals surface area contributed by atoms with E-state index in [-0.39, 0.29) is 23.0 Å². The van der Waals surface area contributed by atoms with E-state index in [1.165, 1.54) is 0 Å². The van der Waals surface area contributed by atoms with Crippen LogP contribution in [0.5, 0.6) is 0 Å². The number of Topliss-reactive ketones (excluding diaryl/α,β-unsaturated/α-hetero) is 1. The first-order valence-electron chi connectivity index (χ1n) is 10.00. The van der Waals surface area contributed by atoms with Crippen molar-refractivity contribution in [3.8, 4) is 0 Å². The molecule has 1 aliphatic carbocycles. The number of allylic oxidation sites excluding steroid dienone is 1. The quantitative estimate of drug-likeness (QED) is 0.829. The molecule has 1 atom stereocenters. The van der Waals surface area contributed by atoms with E-state index < -0.39 is 6.04 Å². The molecule has 6 nitrogen and oxygen atoms in total. The van der Waals surface area contributed by atoms with Gasteiger partial charge in [-0.05, 0) is 35.6 Å². The van der Waals surface area contributed by atoms with Gasteiger partial charge >= 0.3 is 0 Å². The van der Waals surface area contributed by atoms with E-state index in [1.54, 1.807) is 23.5 Å². The smallest absolute Gasteiger partial charge is 0.231 e. The fourth-order valence-electron chi connectivity index (χ4n) is 4.23. The van der Waals surface area contributed by atoms with Gasteiger partial charge in [-0.2, -0.15) is 0 Å². The Morgan fingerprint density at radius 3 is 2.66 bits per heavy atom. The molecule has 1 aliphatic heterocycles. The molecule has 0 bridgehead atoms. The minimum Gasteiger partial charge on any atom is -0.355 e. The average Bonchev–Trinajstić information content (AvgIpc) is 2.81. The normalized spacial score (nSPS) is 20.7. The number of hydrogen-bond donors (Lipinski definition) is 1. The molecule has 3 heterocycles. The van der Waals surface area contributed by atoms with Crippen LogP contribution < -0.4 is 10.2 Å². The van der Waals surface area contributed by atoms with Crippen molar-refractivity contribution in [2.45, 2.75) is 46.6 Å². The van der Waals surface area contributed by atoms with Gasteiger partial charge in [0.25, 0.3) is 0 Å². The SMILES string of the molecule is CC(C)C(=O)N1c2ncccc2NC2=C(C(=O)CC(C)(C)C2)[C@H]1c1cccnc1. The molecule has 0 radical (unpaired) electrons. The summed E-state index contributed by atoms with van der Waals surface area (Å²) in [6.45, 7) is 7.93. The lowest BCUT2D eigenvalue weighted by atomic mass is 9.73. The highest BCUT2D eigenvalue weighted by Crippen LogP contribution is 2.47. The Kier molecular flexibility index (Phi) is 4.73. The number of carbonyl (C=O) groups excluding carboxylic acids is 2. The van der Waals surface area contributed by atoms with Gasteiger partial charge in [-0.25, -0.2) is 4.98 Å². The number of aromatic nitrogens is 2. The second-order valence-electron chi connectivity index (χ2n) is 8.88. The second-order valence-corrected chi connectivity index (χ2v) is 8.88. The summed E-state index contributed by atoms with van der Waals surface area (Å²) >= 11 is 0. The van der Waals surface area contributed by atoms with Crippen LogP contribution in [0.25, 0.3) is 0 Å². The summed E-state index contributed by atoms with van der Waals surface area (Å²) in [5.74, 6) is 0.278. The Morgan fingerprint density at radius 1 is 1.21 bits per heavy atom. The van der Waals surface area contributed by atoms with E-state index in [2.05, 4.69) is 29.1 Å². The number of amides is 1. The van der Waals surface area contributed by atoms with Crippen molar-refractivity contribution < 1.29 is 9.59 Å². The Bertz CT molecular complexity index is 995. The molecule has 0 aromatic carbocycles. The fraction of sp³-hybridized carbons (Fsp3) is 0.391. The van der Waals surface area contributed by atoms with Gasteiger partial charge in [0.15, 0.2) is 11.6 Å². The van der Waals surface area contributed by atoms with Crippen LogP contribution in [0.3, 0.4) is 0 Å². The molecule has 0 unspecified atom stereocenters. The summed E-state index contributed by atoms with van der Waals surface area (Å²) < 4.78 is 0. The monoisotopic (exact) mass is 390 g/mol. The van der Waals surface area contributed by atoms with Crippen LogP contribution >= 0.6 is 0 Å². The molecule has 29 heavy (non-hydrogen) atoms. The van der Waals surface area contributed by atoms with Crippen molar-refractivity contribution in [2.75, 3.05) is 10.2 Å². The predicted molar refractivity (Wildman–Crippen MR) is 112 cm³/mol. The maximum Gasteiger partial charge on any atom is 0.231 e. The van der Waals surface area contributed by atoms with Crippen molar-refractivity contribution >= 4 is 23.2 Å². The zero-order valence-electron chi connectivity index (χ0n) is 17.3. The first kappa shape index (κ1) is 19.3. The molecule has 2 aliphatic rings. The highest BCUT2D eigenvalue weighted by Gasteiger charge is 2.44. The van der Waals surface area contributed by atoms with E-state index in [1.807, 2.05) is 38.1 Å². The molecule has 1 N–H and O–H groups in total. The second kappa shape index (κ2) is 7.10. The Labute approximate surface area is 171 Å². The summed E-state index contributed by atoms with van der Waals surface area (Å²) in [7, 11) is 0.